The summed E-state index contributed by atoms with van der Waals surface area (Å²) < 4.78 is 11.1. The molecule has 3 saturated heterocycles. The summed E-state index contributed by atoms with van der Waals surface area (Å²) in [6.07, 6.45) is -0.821. The first kappa shape index (κ1) is 24.6. The van der Waals surface area contributed by atoms with E-state index in [-0.39, 0.29) is 36.9 Å². The lowest BCUT2D eigenvalue weighted by molar-refractivity contribution is -0.140. The van der Waals surface area contributed by atoms with E-state index in [1.54, 1.807) is 19.2 Å². The van der Waals surface area contributed by atoms with Crippen molar-refractivity contribution in [3.63, 3.8) is 0 Å². The van der Waals surface area contributed by atoms with Crippen LogP contribution >= 0.6 is 0 Å². The molecule has 186 valence electrons. The number of benzene rings is 1. The first-order chi connectivity index (χ1) is 16.1. The zero-order chi connectivity index (χ0) is 24.6. The van der Waals surface area contributed by atoms with E-state index in [1.807, 2.05) is 32.9 Å². The molecule has 3 fully saturated rings. The van der Waals surface area contributed by atoms with Gasteiger partial charge in [0, 0.05) is 44.5 Å². The number of nitrogens with zero attached hydrogens (tertiary/aromatic N) is 3. The molecule has 4 rings (SSSR count). The molecule has 3 aliphatic heterocycles. The number of Topliss-reactive ketones (excluding diaryl/α,β-unsaturated/α-hetero) is 1. The maximum Gasteiger partial charge on any atom is 0.251 e. The van der Waals surface area contributed by atoms with Crippen LogP contribution in [0.15, 0.2) is 24.3 Å². The fourth-order valence-electron chi connectivity index (χ4n) is 4.96. The van der Waals surface area contributed by atoms with E-state index < -0.39 is 23.6 Å². The van der Waals surface area contributed by atoms with Crippen LogP contribution in [0.5, 0.6) is 0 Å². The molecule has 9 heteroatoms. The lowest BCUT2D eigenvalue weighted by atomic mass is 9.85. The highest BCUT2D eigenvalue weighted by Crippen LogP contribution is 2.32. The number of carbonyl (C=O) groups is 3. The summed E-state index contributed by atoms with van der Waals surface area (Å²) >= 11 is 0. The Hall–Kier alpha value is -2.49. The molecular formula is C25H36N4O5. The van der Waals surface area contributed by atoms with Crippen molar-refractivity contribution in [3.8, 4) is 0 Å². The number of piperazine rings is 1. The number of ether oxygens (including phenoxy) is 2. The van der Waals surface area contributed by atoms with Crippen LogP contribution in [0.1, 0.15) is 31.1 Å². The number of hydrogen-bond donors (Lipinski definition) is 1. The van der Waals surface area contributed by atoms with Gasteiger partial charge in [-0.05, 0) is 36.7 Å². The molecule has 0 spiro atoms. The van der Waals surface area contributed by atoms with Crippen molar-refractivity contribution in [1.29, 1.82) is 0 Å². The number of likely N-dealkylation sites (tertiary alicyclic amines) is 1. The van der Waals surface area contributed by atoms with Gasteiger partial charge in [-0.3, -0.25) is 14.4 Å². The molecule has 4 atom stereocenters. The molecule has 3 aliphatic rings. The Morgan fingerprint density at radius 2 is 1.76 bits per heavy atom. The van der Waals surface area contributed by atoms with E-state index in [2.05, 4.69) is 22.2 Å². The van der Waals surface area contributed by atoms with E-state index in [9.17, 15) is 14.4 Å². The Bertz CT molecular complexity index is 920. The van der Waals surface area contributed by atoms with Gasteiger partial charge in [0.25, 0.3) is 5.91 Å². The summed E-state index contributed by atoms with van der Waals surface area (Å²) in [5, 5.41) is 2.94. The van der Waals surface area contributed by atoms with Crippen molar-refractivity contribution < 1.29 is 23.9 Å². The number of rotatable bonds is 5. The minimum Gasteiger partial charge on any atom is -0.377 e. The van der Waals surface area contributed by atoms with E-state index in [0.717, 1.165) is 31.9 Å². The van der Waals surface area contributed by atoms with E-state index in [4.69, 9.17) is 9.47 Å². The normalized spacial score (nSPS) is 26.5. The second-order valence-corrected chi connectivity index (χ2v) is 10.6. The molecule has 34 heavy (non-hydrogen) atoms. The van der Waals surface area contributed by atoms with Gasteiger partial charge in [0.1, 0.15) is 30.9 Å². The number of ketones is 1. The van der Waals surface area contributed by atoms with Gasteiger partial charge in [0.2, 0.25) is 5.91 Å². The largest absolute Gasteiger partial charge is 0.377 e. The van der Waals surface area contributed by atoms with Crippen molar-refractivity contribution in [2.75, 3.05) is 58.4 Å². The third kappa shape index (κ3) is 4.82. The number of likely N-dealkylation sites (N-methyl/N-ethyl adjacent to an activating group) is 1. The molecule has 0 aromatic heterocycles. The smallest absolute Gasteiger partial charge is 0.251 e. The van der Waals surface area contributed by atoms with Gasteiger partial charge >= 0.3 is 0 Å². The summed E-state index contributed by atoms with van der Waals surface area (Å²) in [7, 11) is 3.67. The minimum absolute atomic E-state index is 0.0226. The lowest BCUT2D eigenvalue weighted by Gasteiger charge is -2.35. The van der Waals surface area contributed by atoms with Crippen molar-refractivity contribution in [1.82, 2.24) is 15.1 Å². The molecule has 0 bridgehead atoms. The van der Waals surface area contributed by atoms with Gasteiger partial charge in [0.05, 0.1) is 6.54 Å². The van der Waals surface area contributed by atoms with Crippen molar-refractivity contribution in [2.45, 2.75) is 45.1 Å². The quantitative estimate of drug-likeness (QED) is 0.677. The number of hydrogen-bond acceptors (Lipinski definition) is 7. The molecule has 1 aromatic rings. The second-order valence-electron chi connectivity index (χ2n) is 10.6. The first-order valence-electron chi connectivity index (χ1n) is 11.9. The van der Waals surface area contributed by atoms with Crippen LogP contribution in [0.4, 0.5) is 5.69 Å². The Labute approximate surface area is 201 Å². The van der Waals surface area contributed by atoms with E-state index >= 15 is 0 Å². The molecule has 3 heterocycles. The number of amides is 2. The molecule has 0 radical (unpaired) electrons. The zero-order valence-corrected chi connectivity index (χ0v) is 20.7. The zero-order valence-electron chi connectivity index (χ0n) is 20.7. The SMILES string of the molecule is CO[C@H]1CN(C(=O)[C@@H](NC(=O)c2ccc(N3CCN(C)CC3)cc2)C(C)(C)C)[C@@H]2C(=O)CO[C@H]12. The first-order valence-corrected chi connectivity index (χ1v) is 11.9. The average Bonchev–Trinajstić information content (AvgIpc) is 3.37. The van der Waals surface area contributed by atoms with Crippen LogP contribution in [0, 0.1) is 5.41 Å². The minimum atomic E-state index is -0.804. The highest BCUT2D eigenvalue weighted by atomic mass is 16.5. The number of nitrogens with one attached hydrogen (secondary N) is 1. The second kappa shape index (κ2) is 9.64. The average molecular weight is 473 g/mol. The topological polar surface area (TPSA) is 91.4 Å². The predicted octanol–water partition coefficient (Wildman–Crippen LogP) is 0.777. The van der Waals surface area contributed by atoms with Crippen LogP contribution in [-0.2, 0) is 19.1 Å². The maximum atomic E-state index is 13.6. The lowest BCUT2D eigenvalue weighted by Crippen LogP contribution is -2.57. The summed E-state index contributed by atoms with van der Waals surface area (Å²) in [6, 6.07) is 6.04. The summed E-state index contributed by atoms with van der Waals surface area (Å²) in [6.45, 7) is 9.86. The molecule has 1 N–H and O–H groups in total. The third-order valence-corrected chi connectivity index (χ3v) is 7.11. The highest BCUT2D eigenvalue weighted by molar-refractivity contribution is 5.99. The number of fused-ring (bicyclic) bond motifs is 1. The van der Waals surface area contributed by atoms with Gasteiger partial charge in [0.15, 0.2) is 5.78 Å². The van der Waals surface area contributed by atoms with Crippen LogP contribution in [0.2, 0.25) is 0 Å². The summed E-state index contributed by atoms with van der Waals surface area (Å²) in [5.41, 5.74) is 1.02. The van der Waals surface area contributed by atoms with Gasteiger partial charge < -0.3 is 29.5 Å². The van der Waals surface area contributed by atoms with Crippen LogP contribution in [-0.4, -0.2) is 105 Å². The Kier molecular flexibility index (Phi) is 6.98. The Morgan fingerprint density at radius 3 is 2.35 bits per heavy atom. The molecule has 2 amide bonds. The van der Waals surface area contributed by atoms with Gasteiger partial charge in [-0.1, -0.05) is 20.8 Å². The Morgan fingerprint density at radius 1 is 1.12 bits per heavy atom. The van der Waals surface area contributed by atoms with Crippen molar-refractivity contribution in [2.24, 2.45) is 5.41 Å². The van der Waals surface area contributed by atoms with Crippen LogP contribution in [0.3, 0.4) is 0 Å². The van der Waals surface area contributed by atoms with Crippen molar-refractivity contribution >= 4 is 23.3 Å². The fraction of sp³-hybridized carbons (Fsp3) is 0.640. The van der Waals surface area contributed by atoms with Crippen LogP contribution < -0.4 is 10.2 Å². The van der Waals surface area contributed by atoms with Gasteiger partial charge in [-0.15, -0.1) is 0 Å². The molecule has 0 saturated carbocycles. The standard InChI is InChI=1S/C25H36N4O5/c1-25(2,3)22(24(32)29-14-19(33-5)21-20(29)18(30)15-34-21)26-23(31)16-6-8-17(9-7-16)28-12-10-27(4)11-13-28/h6-9,19-22H,10-15H2,1-5H3,(H,26,31)/t19-,20+,21+,22+/m0/s1. The van der Waals surface area contributed by atoms with Crippen molar-refractivity contribution in [3.05, 3.63) is 29.8 Å². The molecular weight excluding hydrogens is 436 g/mol. The van der Waals surface area contributed by atoms with Crippen LogP contribution in [0.25, 0.3) is 0 Å². The van der Waals surface area contributed by atoms with E-state index in [0.29, 0.717) is 5.56 Å². The summed E-state index contributed by atoms with van der Waals surface area (Å²) in [4.78, 5) is 45.4. The van der Waals surface area contributed by atoms with E-state index in [1.165, 1.54) is 4.90 Å². The molecule has 0 aliphatic carbocycles. The molecule has 9 nitrogen and oxygen atoms in total. The Balaban J connectivity index is 1.48. The maximum absolute atomic E-state index is 13.6. The number of anilines is 1. The number of carbonyl (C=O) groups excluding carboxylic acids is 3. The monoisotopic (exact) mass is 472 g/mol. The number of methoxy groups -OCH3 is 1. The molecule has 0 unspecified atom stereocenters. The fourth-order valence-corrected chi connectivity index (χ4v) is 4.96. The third-order valence-electron chi connectivity index (χ3n) is 7.11. The van der Waals surface area contributed by atoms with Gasteiger partial charge in [-0.2, -0.15) is 0 Å². The molecule has 1 aromatic carbocycles. The predicted molar refractivity (Wildman–Crippen MR) is 128 cm³/mol. The van der Waals surface area contributed by atoms with Gasteiger partial charge in [-0.25, -0.2) is 0 Å². The summed E-state index contributed by atoms with van der Waals surface area (Å²) in [5.74, 6) is -0.731. The highest BCUT2D eigenvalue weighted by Gasteiger charge is 2.54.